The lowest BCUT2D eigenvalue weighted by molar-refractivity contribution is 0.0948. The van der Waals surface area contributed by atoms with E-state index in [1.165, 1.54) is 0 Å². The zero-order valence-electron chi connectivity index (χ0n) is 13.5. The molecule has 0 unspecified atom stereocenters. The molecule has 4 nitrogen and oxygen atoms in total. The van der Waals surface area contributed by atoms with E-state index in [1.54, 1.807) is 12.3 Å². The Bertz CT molecular complexity index is 673. The van der Waals surface area contributed by atoms with Gasteiger partial charge in [-0.2, -0.15) is 0 Å². The lowest BCUT2D eigenvalue weighted by atomic mass is 10.2. The predicted octanol–water partition coefficient (Wildman–Crippen LogP) is 4.71. The first kappa shape index (κ1) is 17.3. The number of nitrogens with zero attached hydrogens (tertiary/aromatic N) is 1. The van der Waals surface area contributed by atoms with Gasteiger partial charge < -0.3 is 10.6 Å². The van der Waals surface area contributed by atoms with Gasteiger partial charge in [-0.05, 0) is 43.2 Å². The summed E-state index contributed by atoms with van der Waals surface area (Å²) in [6, 6.07) is 9.26. The lowest BCUT2D eigenvalue weighted by Gasteiger charge is -2.11. The van der Waals surface area contributed by atoms with E-state index in [9.17, 15) is 4.79 Å². The van der Waals surface area contributed by atoms with Crippen LogP contribution in [0.1, 0.15) is 42.2 Å². The normalized spacial score (nSPS) is 10.4. The van der Waals surface area contributed by atoms with Gasteiger partial charge in [-0.15, -0.1) is 0 Å². The number of amides is 1. The second kappa shape index (κ2) is 8.53. The largest absolute Gasteiger partial charge is 0.355 e. The summed E-state index contributed by atoms with van der Waals surface area (Å²) in [6.07, 6.45) is 4.86. The van der Waals surface area contributed by atoms with Crippen molar-refractivity contribution in [2.24, 2.45) is 0 Å². The summed E-state index contributed by atoms with van der Waals surface area (Å²) < 4.78 is 0. The van der Waals surface area contributed by atoms with Crippen molar-refractivity contribution in [3.05, 3.63) is 52.8 Å². The van der Waals surface area contributed by atoms with E-state index in [4.69, 9.17) is 11.6 Å². The Morgan fingerprint density at radius 1 is 1.26 bits per heavy atom. The number of carbonyl (C=O) groups excluding carboxylic acids is 1. The molecule has 5 heteroatoms. The molecule has 2 rings (SSSR count). The van der Waals surface area contributed by atoms with Gasteiger partial charge in [0.15, 0.2) is 0 Å². The van der Waals surface area contributed by atoms with Crippen molar-refractivity contribution in [3.63, 3.8) is 0 Å². The second-order valence-corrected chi connectivity index (χ2v) is 5.84. The van der Waals surface area contributed by atoms with Crippen LogP contribution in [-0.4, -0.2) is 17.4 Å². The molecule has 1 aromatic heterocycles. The number of nitrogens with one attached hydrogen (secondary N) is 2. The van der Waals surface area contributed by atoms with Gasteiger partial charge in [-0.1, -0.05) is 37.4 Å². The fourth-order valence-corrected chi connectivity index (χ4v) is 2.37. The molecule has 0 radical (unpaired) electrons. The maximum absolute atomic E-state index is 12.1. The van der Waals surface area contributed by atoms with Crippen LogP contribution in [0.3, 0.4) is 0 Å². The quantitative estimate of drug-likeness (QED) is 0.722. The molecular weight excluding hydrogens is 310 g/mol. The fraction of sp³-hybridized carbons (Fsp3) is 0.333. The van der Waals surface area contributed by atoms with Crippen LogP contribution in [0.5, 0.6) is 0 Å². The number of rotatable bonds is 7. The molecule has 0 saturated carbocycles. The molecular formula is C18H22ClN3O. The summed E-state index contributed by atoms with van der Waals surface area (Å²) in [7, 11) is 0. The zero-order chi connectivity index (χ0) is 16.7. The Labute approximate surface area is 142 Å². The fourth-order valence-electron chi connectivity index (χ4n) is 2.20. The predicted molar refractivity (Wildman–Crippen MR) is 95.6 cm³/mol. The van der Waals surface area contributed by atoms with E-state index in [1.807, 2.05) is 31.2 Å². The SMILES string of the molecule is CCCCCNC(=O)c1cc(Nc2cccc(Cl)c2C)ccn1. The Hall–Kier alpha value is -2.07. The summed E-state index contributed by atoms with van der Waals surface area (Å²) in [5.74, 6) is -0.146. The van der Waals surface area contributed by atoms with Crippen LogP contribution in [0, 0.1) is 6.92 Å². The van der Waals surface area contributed by atoms with Crippen molar-refractivity contribution in [2.75, 3.05) is 11.9 Å². The summed E-state index contributed by atoms with van der Waals surface area (Å²) in [5, 5.41) is 6.88. The highest BCUT2D eigenvalue weighted by Crippen LogP contribution is 2.26. The van der Waals surface area contributed by atoms with Gasteiger partial charge in [0.1, 0.15) is 5.69 Å². The third kappa shape index (κ3) is 4.96. The molecule has 0 aliphatic rings. The Balaban J connectivity index is 2.04. The molecule has 0 bridgehead atoms. The molecule has 1 heterocycles. The van der Waals surface area contributed by atoms with Gasteiger partial charge in [-0.25, -0.2) is 0 Å². The van der Waals surface area contributed by atoms with Gasteiger partial charge in [0.05, 0.1) is 0 Å². The molecule has 0 spiro atoms. The maximum atomic E-state index is 12.1. The molecule has 0 aliphatic heterocycles. The van der Waals surface area contributed by atoms with Gasteiger partial charge >= 0.3 is 0 Å². The van der Waals surface area contributed by atoms with Crippen molar-refractivity contribution in [2.45, 2.75) is 33.1 Å². The van der Waals surface area contributed by atoms with Crippen LogP contribution in [0.2, 0.25) is 5.02 Å². The van der Waals surface area contributed by atoms with Crippen LogP contribution >= 0.6 is 11.6 Å². The molecule has 0 saturated heterocycles. The monoisotopic (exact) mass is 331 g/mol. The second-order valence-electron chi connectivity index (χ2n) is 5.43. The summed E-state index contributed by atoms with van der Waals surface area (Å²) in [4.78, 5) is 16.3. The number of aromatic nitrogens is 1. The van der Waals surface area contributed by atoms with Crippen molar-refractivity contribution < 1.29 is 4.79 Å². The highest BCUT2D eigenvalue weighted by Gasteiger charge is 2.08. The van der Waals surface area contributed by atoms with E-state index in [-0.39, 0.29) is 5.91 Å². The molecule has 1 amide bonds. The smallest absolute Gasteiger partial charge is 0.269 e. The number of anilines is 2. The molecule has 23 heavy (non-hydrogen) atoms. The van der Waals surface area contributed by atoms with E-state index in [0.717, 1.165) is 36.2 Å². The molecule has 1 aromatic carbocycles. The Morgan fingerprint density at radius 2 is 2.09 bits per heavy atom. The number of carbonyl (C=O) groups is 1. The van der Waals surface area contributed by atoms with Crippen LogP contribution < -0.4 is 10.6 Å². The van der Waals surface area contributed by atoms with Crippen molar-refractivity contribution in [1.29, 1.82) is 0 Å². The zero-order valence-corrected chi connectivity index (χ0v) is 14.3. The number of hydrogen-bond donors (Lipinski definition) is 2. The van der Waals surface area contributed by atoms with Crippen LogP contribution in [0.4, 0.5) is 11.4 Å². The van der Waals surface area contributed by atoms with E-state index >= 15 is 0 Å². The highest BCUT2D eigenvalue weighted by molar-refractivity contribution is 6.31. The molecule has 2 N–H and O–H groups in total. The topological polar surface area (TPSA) is 54.0 Å². The average Bonchev–Trinajstić information content (AvgIpc) is 2.56. The minimum atomic E-state index is -0.146. The minimum absolute atomic E-state index is 0.146. The Morgan fingerprint density at radius 3 is 2.87 bits per heavy atom. The number of benzene rings is 1. The van der Waals surface area contributed by atoms with Crippen LogP contribution in [0.15, 0.2) is 36.5 Å². The van der Waals surface area contributed by atoms with Crippen molar-refractivity contribution >= 4 is 28.9 Å². The van der Waals surface area contributed by atoms with E-state index < -0.39 is 0 Å². The first-order valence-corrected chi connectivity index (χ1v) is 8.26. The number of unbranched alkanes of at least 4 members (excludes halogenated alkanes) is 2. The summed E-state index contributed by atoms with van der Waals surface area (Å²) in [5.41, 5.74) is 3.10. The van der Waals surface area contributed by atoms with Crippen LogP contribution in [-0.2, 0) is 0 Å². The first-order valence-electron chi connectivity index (χ1n) is 7.88. The van der Waals surface area contributed by atoms with Gasteiger partial charge in [0.2, 0.25) is 0 Å². The number of halogens is 1. The number of pyridine rings is 1. The third-order valence-electron chi connectivity index (χ3n) is 3.61. The third-order valence-corrected chi connectivity index (χ3v) is 4.01. The van der Waals surface area contributed by atoms with Crippen LogP contribution in [0.25, 0.3) is 0 Å². The van der Waals surface area contributed by atoms with E-state index in [2.05, 4.69) is 22.5 Å². The van der Waals surface area contributed by atoms with Crippen molar-refractivity contribution in [3.8, 4) is 0 Å². The Kier molecular flexibility index (Phi) is 6.41. The lowest BCUT2D eigenvalue weighted by Crippen LogP contribution is -2.25. The first-order chi connectivity index (χ1) is 11.1. The van der Waals surface area contributed by atoms with Gasteiger partial charge in [0, 0.05) is 29.1 Å². The molecule has 2 aromatic rings. The molecule has 0 aliphatic carbocycles. The molecule has 0 fully saturated rings. The standard InChI is InChI=1S/C18H22ClN3O/c1-3-4-5-10-21-18(23)17-12-14(9-11-20-17)22-16-8-6-7-15(19)13(16)2/h6-9,11-12H,3-5,10H2,1-2H3,(H,20,22)(H,21,23). The van der Waals surface area contributed by atoms with Gasteiger partial charge in [-0.3, -0.25) is 9.78 Å². The summed E-state index contributed by atoms with van der Waals surface area (Å²) in [6.45, 7) is 4.77. The molecule has 0 atom stereocenters. The van der Waals surface area contributed by atoms with Crippen molar-refractivity contribution in [1.82, 2.24) is 10.3 Å². The highest BCUT2D eigenvalue weighted by atomic mass is 35.5. The molecule has 122 valence electrons. The van der Waals surface area contributed by atoms with Gasteiger partial charge in [0.25, 0.3) is 5.91 Å². The number of hydrogen-bond acceptors (Lipinski definition) is 3. The maximum Gasteiger partial charge on any atom is 0.269 e. The minimum Gasteiger partial charge on any atom is -0.355 e. The van der Waals surface area contributed by atoms with E-state index in [0.29, 0.717) is 17.3 Å². The average molecular weight is 332 g/mol. The summed E-state index contributed by atoms with van der Waals surface area (Å²) >= 11 is 6.13.